The Kier molecular flexibility index (Phi) is 13.9. The van der Waals surface area contributed by atoms with E-state index in [2.05, 4.69) is 35.0 Å². The first kappa shape index (κ1) is 49.1. The van der Waals surface area contributed by atoms with E-state index in [4.69, 9.17) is 24.7 Å². The normalized spacial score (nSPS) is 37.2. The van der Waals surface area contributed by atoms with Gasteiger partial charge >= 0.3 is 5.97 Å². The zero-order valence-electron chi connectivity index (χ0n) is 40.9. The molecule has 8 aliphatic rings. The number of carboxylic acid groups (broad SMARTS) is 1. The molecule has 6 fully saturated rings. The van der Waals surface area contributed by atoms with Crippen molar-refractivity contribution in [2.24, 2.45) is 52.1 Å². The molecule has 2 bridgehead atoms. The van der Waals surface area contributed by atoms with Crippen LogP contribution in [0.1, 0.15) is 114 Å². The predicted molar refractivity (Wildman–Crippen MR) is 262 cm³/mol. The highest BCUT2D eigenvalue weighted by atomic mass is 16.5. The molecular weight excluding hydrogens is 893 g/mol. The van der Waals surface area contributed by atoms with E-state index in [-0.39, 0.29) is 84.5 Å². The van der Waals surface area contributed by atoms with Gasteiger partial charge in [-0.1, -0.05) is 37.1 Å². The van der Waals surface area contributed by atoms with Crippen molar-refractivity contribution in [3.8, 4) is 28.7 Å². The van der Waals surface area contributed by atoms with E-state index in [0.29, 0.717) is 60.7 Å². The highest BCUT2D eigenvalue weighted by Crippen LogP contribution is 2.68. The van der Waals surface area contributed by atoms with E-state index in [1.54, 1.807) is 18.2 Å². The summed E-state index contributed by atoms with van der Waals surface area (Å²) in [5, 5.41) is 77.6. The number of benzene rings is 2. The molecule has 2 saturated heterocycles. The molecule has 14 atom stereocenters. The summed E-state index contributed by atoms with van der Waals surface area (Å²) < 4.78 is 25.5. The zero-order chi connectivity index (χ0) is 49.0. The standard InChI is InChI=1S/C55H76N4O11/c1-31-28-53(17-3-4-18-53)55(39(10-11-40(55)52(65)66)35-15-21-57-47(56)26-35)46(59-31)29-68-45-25-36(24-44(67-2)49(45)63)50-38(16-22-60)42(62)27-37(70-50)9-5-32-6-12-41(61)43(23-32)69-30-58-54-19-13-33-7-8-34(14-20-54)48(33)51(54)64/h6,10-12,15,23-26,31,33-34,37-40,42,46,48,50-51,57-64H,3-5,7-9,13-14,16-22,27-30,56H2,1-2H3,(H,65,66)/t31-,33-,34+,37-,38-,39+,40+,42-,46+,48?,50+,51-,54?,55+/m0/s1. The van der Waals surface area contributed by atoms with Gasteiger partial charge in [-0.2, -0.15) is 0 Å². The number of dihydropyridines is 1. The Labute approximate surface area is 411 Å². The Morgan fingerprint density at radius 1 is 0.957 bits per heavy atom. The van der Waals surface area contributed by atoms with E-state index in [1.165, 1.54) is 20.0 Å². The fourth-order valence-corrected chi connectivity index (χ4v) is 15.8. The Hall–Kier alpha value is -4.51. The van der Waals surface area contributed by atoms with Crippen LogP contribution in [0, 0.1) is 46.3 Å². The number of allylic oxidation sites excluding steroid dienone is 3. The first-order valence-corrected chi connectivity index (χ1v) is 26.2. The van der Waals surface area contributed by atoms with E-state index >= 15 is 0 Å². The lowest BCUT2D eigenvalue weighted by atomic mass is 9.46. The maximum absolute atomic E-state index is 13.5. The quantitative estimate of drug-likeness (QED) is 0.0678. The van der Waals surface area contributed by atoms with E-state index in [9.17, 15) is 35.4 Å². The summed E-state index contributed by atoms with van der Waals surface area (Å²) in [4.78, 5) is 13.5. The molecule has 2 aromatic carbocycles. The number of hydrogen-bond acceptors (Lipinski definition) is 14. The third-order valence-electron chi connectivity index (χ3n) is 18.8. The Bertz CT molecular complexity index is 2320. The summed E-state index contributed by atoms with van der Waals surface area (Å²) in [5.41, 5.74) is 7.39. The van der Waals surface area contributed by atoms with Gasteiger partial charge in [0, 0.05) is 48.0 Å². The fraction of sp³-hybridized carbons (Fsp3) is 0.655. The molecule has 382 valence electrons. The van der Waals surface area contributed by atoms with Gasteiger partial charge in [0.15, 0.2) is 23.0 Å². The van der Waals surface area contributed by atoms with Crippen molar-refractivity contribution >= 4 is 5.97 Å². The van der Waals surface area contributed by atoms with Crippen LogP contribution in [-0.4, -0.2) is 106 Å². The molecule has 3 aliphatic heterocycles. The average Bonchev–Trinajstić information content (AvgIpc) is 4.11. The minimum absolute atomic E-state index is 0.0345. The highest BCUT2D eigenvalue weighted by Gasteiger charge is 2.69. The maximum atomic E-state index is 13.5. The number of aliphatic hydroxyl groups is 3. The van der Waals surface area contributed by atoms with Crippen molar-refractivity contribution in [2.45, 2.75) is 145 Å². The number of aliphatic carboxylic acids is 1. The number of phenols is 2. The lowest BCUT2D eigenvalue weighted by Gasteiger charge is -2.61. The van der Waals surface area contributed by atoms with Gasteiger partial charge in [0.1, 0.15) is 13.3 Å². The summed E-state index contributed by atoms with van der Waals surface area (Å²) in [5.74, 6) is 0.232. The summed E-state index contributed by atoms with van der Waals surface area (Å²) in [6.07, 6.45) is 18.6. The molecule has 2 aromatic rings. The molecule has 0 amide bonds. The first-order valence-electron chi connectivity index (χ1n) is 26.2. The molecule has 10 rings (SSSR count). The van der Waals surface area contributed by atoms with E-state index in [1.807, 2.05) is 24.3 Å². The van der Waals surface area contributed by atoms with Crippen LogP contribution in [0.25, 0.3) is 0 Å². The molecule has 11 N–H and O–H groups in total. The van der Waals surface area contributed by atoms with Crippen LogP contribution in [-0.2, 0) is 16.0 Å². The fourth-order valence-electron chi connectivity index (χ4n) is 15.8. The number of piperidine rings is 1. The van der Waals surface area contributed by atoms with Gasteiger partial charge in [-0.25, -0.2) is 0 Å². The highest BCUT2D eigenvalue weighted by molar-refractivity contribution is 5.75. The molecule has 0 radical (unpaired) electrons. The number of ether oxygens (including phenoxy) is 4. The maximum Gasteiger partial charge on any atom is 0.311 e. The molecule has 4 saturated carbocycles. The summed E-state index contributed by atoms with van der Waals surface area (Å²) in [7, 11) is 1.47. The molecule has 15 heteroatoms. The third kappa shape index (κ3) is 8.63. The van der Waals surface area contributed by atoms with Gasteiger partial charge in [-0.3, -0.25) is 10.1 Å². The van der Waals surface area contributed by atoms with Crippen molar-refractivity contribution in [3.05, 3.63) is 77.2 Å². The molecule has 0 aromatic heterocycles. The number of carbonyl (C=O) groups is 1. The molecule has 2 spiro atoms. The number of aliphatic hydroxyl groups excluding tert-OH is 3. The number of carboxylic acids is 1. The van der Waals surface area contributed by atoms with E-state index < -0.39 is 41.5 Å². The second-order valence-electron chi connectivity index (χ2n) is 22.3. The third-order valence-corrected chi connectivity index (χ3v) is 18.8. The smallest absolute Gasteiger partial charge is 0.311 e. The molecule has 2 unspecified atom stereocenters. The summed E-state index contributed by atoms with van der Waals surface area (Å²) in [6.45, 7) is 2.76. The van der Waals surface area contributed by atoms with Gasteiger partial charge in [-0.05, 0) is 161 Å². The Morgan fingerprint density at radius 2 is 1.71 bits per heavy atom. The second kappa shape index (κ2) is 19.8. The lowest BCUT2D eigenvalue weighted by Crippen LogP contribution is -2.69. The number of aryl methyl sites for hydroxylation is 1. The Morgan fingerprint density at radius 3 is 2.43 bits per heavy atom. The molecule has 15 nitrogen and oxygen atoms in total. The zero-order valence-corrected chi connectivity index (χ0v) is 40.9. The molecule has 3 heterocycles. The lowest BCUT2D eigenvalue weighted by molar-refractivity contribution is -0.160. The van der Waals surface area contributed by atoms with Crippen LogP contribution in [0.15, 0.2) is 66.0 Å². The molecular formula is C55H76N4O11. The van der Waals surface area contributed by atoms with Crippen LogP contribution >= 0.6 is 0 Å². The van der Waals surface area contributed by atoms with Gasteiger partial charge in [0.05, 0.1) is 43.3 Å². The topological polar surface area (TPSA) is 237 Å². The van der Waals surface area contributed by atoms with E-state index in [0.717, 1.165) is 68.9 Å². The number of rotatable bonds is 16. The largest absolute Gasteiger partial charge is 0.504 e. The van der Waals surface area contributed by atoms with Crippen molar-refractivity contribution in [3.63, 3.8) is 0 Å². The molecule has 70 heavy (non-hydrogen) atoms. The van der Waals surface area contributed by atoms with Crippen LogP contribution in [0.5, 0.6) is 28.7 Å². The summed E-state index contributed by atoms with van der Waals surface area (Å²) in [6, 6.07) is 8.39. The number of nitrogens with two attached hydrogens (primary N) is 1. The predicted octanol–water partition coefficient (Wildman–Crippen LogP) is 6.08. The first-order chi connectivity index (χ1) is 33.8. The average molecular weight is 969 g/mol. The number of phenolic OH excluding ortho intramolecular Hbond substituents is 2. The number of nitrogens with one attached hydrogen (secondary N) is 3. The second-order valence-corrected chi connectivity index (χ2v) is 22.3. The minimum atomic E-state index is -0.877. The van der Waals surface area contributed by atoms with Crippen LogP contribution in [0.3, 0.4) is 0 Å². The van der Waals surface area contributed by atoms with Crippen LogP contribution < -0.4 is 35.9 Å². The van der Waals surface area contributed by atoms with Crippen LogP contribution in [0.4, 0.5) is 0 Å². The van der Waals surface area contributed by atoms with Crippen molar-refractivity contribution < 1.29 is 54.4 Å². The van der Waals surface area contributed by atoms with Gasteiger partial charge in [-0.15, -0.1) is 0 Å². The summed E-state index contributed by atoms with van der Waals surface area (Å²) >= 11 is 0. The van der Waals surface area contributed by atoms with Gasteiger partial charge < -0.3 is 66.0 Å². The minimum Gasteiger partial charge on any atom is -0.504 e. The van der Waals surface area contributed by atoms with Gasteiger partial charge in [0.25, 0.3) is 0 Å². The van der Waals surface area contributed by atoms with Gasteiger partial charge in [0.2, 0.25) is 5.75 Å². The van der Waals surface area contributed by atoms with Crippen molar-refractivity contribution in [1.29, 1.82) is 0 Å². The number of methoxy groups -OCH3 is 1. The SMILES string of the molecule is COc1cc([C@H]2O[C@@H](CCc3ccc(O)c(OCNC45CC[C@H]6CC[C@@H](CC4)C6[C@@H]5O)c3)C[C@H](O)[C@@H]2CCO)cc(OC[C@H]2N[C@@H](C)CC3(CCCC3)[C@]23[C@@H](C(=O)O)C=C[C@@H]3C2=CCNC(N)=C2)c1O. The monoisotopic (exact) mass is 969 g/mol. The number of hydrogen-bond donors (Lipinski definition) is 10. The van der Waals surface area contributed by atoms with Crippen LogP contribution in [0.2, 0.25) is 0 Å². The number of fused-ring (bicyclic) bond motifs is 2. The number of aromatic hydroxyl groups is 2. The molecule has 5 aliphatic carbocycles. The van der Waals surface area contributed by atoms with Crippen molar-refractivity contribution in [2.75, 3.05) is 33.6 Å². The Balaban J connectivity index is 0.868. The van der Waals surface area contributed by atoms with Crippen molar-refractivity contribution in [1.82, 2.24) is 16.0 Å².